The number of rotatable bonds is 9. The number of benzene rings is 1. The lowest BCUT2D eigenvalue weighted by atomic mass is 9.81. The lowest BCUT2D eigenvalue weighted by Crippen LogP contribution is -2.34. The highest BCUT2D eigenvalue weighted by atomic mass is 32.1. The molecule has 0 atom stereocenters. The molecular weight excluding hydrogens is 392 g/mol. The van der Waals surface area contributed by atoms with Gasteiger partial charge in [-0.25, -0.2) is 4.79 Å². The van der Waals surface area contributed by atoms with Gasteiger partial charge < -0.3 is 20.1 Å². The van der Waals surface area contributed by atoms with Crippen LogP contribution in [0, 0.1) is 12.3 Å². The fourth-order valence-electron chi connectivity index (χ4n) is 4.18. The van der Waals surface area contributed by atoms with Crippen LogP contribution in [0.25, 0.3) is 10.9 Å². The summed E-state index contributed by atoms with van der Waals surface area (Å²) < 4.78 is 7.42. The van der Waals surface area contributed by atoms with Gasteiger partial charge in [-0.05, 0) is 50.5 Å². The van der Waals surface area contributed by atoms with Gasteiger partial charge >= 0.3 is 5.97 Å². The first kappa shape index (κ1) is 22.8. The maximum atomic E-state index is 12.7. The zero-order valence-electron chi connectivity index (χ0n) is 17.4. The molecule has 0 aliphatic rings. The molecule has 158 valence electrons. The van der Waals surface area contributed by atoms with Crippen molar-refractivity contribution in [1.82, 2.24) is 4.57 Å². The van der Waals surface area contributed by atoms with Crippen molar-refractivity contribution in [1.29, 1.82) is 0 Å². The monoisotopic (exact) mass is 420 g/mol. The largest absolute Gasteiger partial charge is 0.481 e. The summed E-state index contributed by atoms with van der Waals surface area (Å²) in [6.07, 6.45) is 0.749. The van der Waals surface area contributed by atoms with E-state index in [0.717, 1.165) is 6.42 Å². The number of thiol groups is 1. The number of aromatic nitrogens is 1. The lowest BCUT2D eigenvalue weighted by molar-refractivity contribution is -0.139. The summed E-state index contributed by atoms with van der Waals surface area (Å²) in [5.41, 5.74) is 6.18. The van der Waals surface area contributed by atoms with E-state index in [1.165, 1.54) is 0 Å². The van der Waals surface area contributed by atoms with Crippen LogP contribution >= 0.6 is 12.6 Å². The van der Waals surface area contributed by atoms with Crippen molar-refractivity contribution in [2.75, 3.05) is 12.4 Å². The minimum absolute atomic E-state index is 0.0824. The summed E-state index contributed by atoms with van der Waals surface area (Å²) in [5, 5.41) is 9.37. The molecule has 1 aromatic heterocycles. The lowest BCUT2D eigenvalue weighted by Gasteiger charge is -2.37. The number of hydrogen-bond acceptors (Lipinski definition) is 5. The highest BCUT2D eigenvalue weighted by Gasteiger charge is 2.35. The SMILES string of the molecule is Cc1c(C(=O)C(N)=O)c2c(OCC(=O)O)cccc2n1C(C)(C)CC(C)(C)CS. The fourth-order valence-corrected chi connectivity index (χ4v) is 4.29. The standard InChI is InChI=1S/C21H28N2O5S/c1-12-16(18(26)19(22)27)17-13(7-6-8-14(17)28-9-15(24)25)23(12)21(4,5)10-20(2,3)11-29/h6-8,29H,9-11H2,1-5H3,(H2,22,27)(H,24,25). The van der Waals surface area contributed by atoms with Crippen molar-refractivity contribution < 1.29 is 24.2 Å². The van der Waals surface area contributed by atoms with Crippen molar-refractivity contribution in [3.63, 3.8) is 0 Å². The number of Topliss-reactive ketones (excluding diaryl/α,β-unsaturated/α-hetero) is 1. The molecule has 1 amide bonds. The summed E-state index contributed by atoms with van der Waals surface area (Å²) in [6.45, 7) is 9.51. The Morgan fingerprint density at radius 2 is 1.83 bits per heavy atom. The molecule has 0 unspecified atom stereocenters. The van der Waals surface area contributed by atoms with E-state index in [0.29, 0.717) is 22.3 Å². The van der Waals surface area contributed by atoms with Gasteiger partial charge in [-0.1, -0.05) is 19.9 Å². The summed E-state index contributed by atoms with van der Waals surface area (Å²) in [6, 6.07) is 5.13. The van der Waals surface area contributed by atoms with Crippen LogP contribution < -0.4 is 10.5 Å². The number of carbonyl (C=O) groups excluding carboxylic acids is 2. The third kappa shape index (κ3) is 4.58. The molecule has 7 nitrogen and oxygen atoms in total. The summed E-state index contributed by atoms with van der Waals surface area (Å²) in [4.78, 5) is 35.4. The van der Waals surface area contributed by atoms with Gasteiger partial charge in [0.15, 0.2) is 6.61 Å². The summed E-state index contributed by atoms with van der Waals surface area (Å²) in [7, 11) is 0. The van der Waals surface area contributed by atoms with Gasteiger partial charge in [0.05, 0.1) is 16.5 Å². The molecular formula is C21H28N2O5S. The Labute approximate surface area is 175 Å². The fraction of sp³-hybridized carbons (Fsp3) is 0.476. The van der Waals surface area contributed by atoms with Gasteiger partial charge in [0, 0.05) is 11.2 Å². The molecule has 0 saturated heterocycles. The molecule has 0 aliphatic heterocycles. The first-order chi connectivity index (χ1) is 13.3. The average Bonchev–Trinajstić information content (AvgIpc) is 2.91. The number of nitrogens with two attached hydrogens (primary N) is 1. The second-order valence-electron chi connectivity index (χ2n) is 8.63. The predicted molar refractivity (Wildman–Crippen MR) is 115 cm³/mol. The molecule has 1 heterocycles. The summed E-state index contributed by atoms with van der Waals surface area (Å²) in [5.74, 6) is -2.15. The Hall–Kier alpha value is -2.48. The number of fused-ring (bicyclic) bond motifs is 1. The second-order valence-corrected chi connectivity index (χ2v) is 8.95. The molecule has 0 fully saturated rings. The van der Waals surface area contributed by atoms with Crippen LogP contribution in [0.4, 0.5) is 0 Å². The van der Waals surface area contributed by atoms with Crippen molar-refractivity contribution in [2.45, 2.75) is 46.6 Å². The Balaban J connectivity index is 2.83. The first-order valence-electron chi connectivity index (χ1n) is 9.26. The van der Waals surface area contributed by atoms with Crippen LogP contribution in [-0.2, 0) is 15.1 Å². The Morgan fingerprint density at radius 3 is 2.34 bits per heavy atom. The van der Waals surface area contributed by atoms with Gasteiger partial charge in [-0.3, -0.25) is 9.59 Å². The molecule has 0 radical (unpaired) electrons. The molecule has 0 aliphatic carbocycles. The van der Waals surface area contributed by atoms with Gasteiger partial charge in [0.25, 0.3) is 11.7 Å². The van der Waals surface area contributed by atoms with E-state index in [4.69, 9.17) is 15.6 Å². The molecule has 0 spiro atoms. The highest BCUT2D eigenvalue weighted by molar-refractivity contribution is 7.80. The van der Waals surface area contributed by atoms with E-state index in [1.807, 2.05) is 24.5 Å². The van der Waals surface area contributed by atoms with Crippen molar-refractivity contribution >= 4 is 41.2 Å². The zero-order valence-corrected chi connectivity index (χ0v) is 18.3. The molecule has 8 heteroatoms. The summed E-state index contributed by atoms with van der Waals surface area (Å²) >= 11 is 4.45. The average molecular weight is 421 g/mol. The molecule has 0 saturated carbocycles. The third-order valence-electron chi connectivity index (χ3n) is 4.94. The van der Waals surface area contributed by atoms with Crippen LogP contribution in [0.3, 0.4) is 0 Å². The van der Waals surface area contributed by atoms with E-state index < -0.39 is 29.8 Å². The molecule has 1 aromatic carbocycles. The van der Waals surface area contributed by atoms with E-state index in [1.54, 1.807) is 19.1 Å². The van der Waals surface area contributed by atoms with Gasteiger partial charge in [-0.2, -0.15) is 12.6 Å². The minimum atomic E-state index is -1.14. The number of carbonyl (C=O) groups is 3. The quantitative estimate of drug-likeness (QED) is 0.328. The maximum Gasteiger partial charge on any atom is 0.341 e. The number of amides is 1. The number of hydrogen-bond donors (Lipinski definition) is 3. The molecule has 0 bridgehead atoms. The number of aliphatic carboxylic acids is 1. The number of carboxylic acids is 1. The normalized spacial score (nSPS) is 12.2. The highest BCUT2D eigenvalue weighted by Crippen LogP contribution is 2.41. The number of ketones is 1. The van der Waals surface area contributed by atoms with Crippen molar-refractivity contribution in [2.24, 2.45) is 11.1 Å². The van der Waals surface area contributed by atoms with Crippen LogP contribution in [0.2, 0.25) is 0 Å². The van der Waals surface area contributed by atoms with Crippen molar-refractivity contribution in [3.05, 3.63) is 29.5 Å². The Bertz CT molecular complexity index is 975. The smallest absolute Gasteiger partial charge is 0.341 e. The van der Waals surface area contributed by atoms with Crippen LogP contribution in [0.5, 0.6) is 5.75 Å². The van der Waals surface area contributed by atoms with Gasteiger partial charge in [-0.15, -0.1) is 0 Å². The third-order valence-corrected chi connectivity index (χ3v) is 5.79. The molecule has 2 rings (SSSR count). The number of nitrogens with zero attached hydrogens (tertiary/aromatic N) is 1. The molecule has 2 aromatic rings. The van der Waals surface area contributed by atoms with E-state index in [2.05, 4.69) is 26.5 Å². The molecule has 29 heavy (non-hydrogen) atoms. The van der Waals surface area contributed by atoms with E-state index in [-0.39, 0.29) is 16.7 Å². The topological polar surface area (TPSA) is 112 Å². The minimum Gasteiger partial charge on any atom is -0.481 e. The van der Waals surface area contributed by atoms with E-state index >= 15 is 0 Å². The van der Waals surface area contributed by atoms with Crippen LogP contribution in [0.15, 0.2) is 18.2 Å². The molecule has 3 N–H and O–H groups in total. The number of primary amides is 1. The van der Waals surface area contributed by atoms with Crippen molar-refractivity contribution in [3.8, 4) is 5.75 Å². The zero-order chi connectivity index (χ0) is 22.1. The second kappa shape index (κ2) is 8.10. The van der Waals surface area contributed by atoms with Crippen LogP contribution in [0.1, 0.15) is 50.2 Å². The van der Waals surface area contributed by atoms with E-state index in [9.17, 15) is 14.4 Å². The Kier molecular flexibility index (Phi) is 6.37. The number of ether oxygens (including phenoxy) is 1. The van der Waals surface area contributed by atoms with Crippen LogP contribution in [-0.4, -0.2) is 39.7 Å². The maximum absolute atomic E-state index is 12.7. The number of carboxylic acid groups (broad SMARTS) is 1. The first-order valence-corrected chi connectivity index (χ1v) is 9.90. The predicted octanol–water partition coefficient (Wildman–Crippen LogP) is 3.16. The van der Waals surface area contributed by atoms with Gasteiger partial charge in [0.1, 0.15) is 5.75 Å². The Morgan fingerprint density at radius 1 is 1.21 bits per heavy atom. The van der Waals surface area contributed by atoms with Gasteiger partial charge in [0.2, 0.25) is 0 Å².